The predicted octanol–water partition coefficient (Wildman–Crippen LogP) is 2.83. The molecule has 0 bridgehead atoms. The highest BCUT2D eigenvalue weighted by atomic mass is 19.1. The average Bonchev–Trinajstić information content (AvgIpc) is 2.75. The lowest BCUT2D eigenvalue weighted by Crippen LogP contribution is -2.38. The molecule has 1 aromatic carbocycles. The van der Waals surface area contributed by atoms with Crippen molar-refractivity contribution >= 4 is 5.91 Å². The summed E-state index contributed by atoms with van der Waals surface area (Å²) in [6.45, 7) is 6.07. The molecule has 1 fully saturated rings. The van der Waals surface area contributed by atoms with Gasteiger partial charge in [-0.1, -0.05) is 26.0 Å². The van der Waals surface area contributed by atoms with E-state index < -0.39 is 0 Å². The van der Waals surface area contributed by atoms with Gasteiger partial charge in [-0.05, 0) is 37.5 Å². The van der Waals surface area contributed by atoms with Gasteiger partial charge in [-0.25, -0.2) is 4.39 Å². The van der Waals surface area contributed by atoms with Gasteiger partial charge in [0.25, 0.3) is 0 Å². The summed E-state index contributed by atoms with van der Waals surface area (Å²) in [5.74, 6) is -0.151. The van der Waals surface area contributed by atoms with E-state index in [9.17, 15) is 9.18 Å². The van der Waals surface area contributed by atoms with Crippen LogP contribution in [0.1, 0.15) is 45.3 Å². The third kappa shape index (κ3) is 2.63. The van der Waals surface area contributed by atoms with E-state index in [4.69, 9.17) is 0 Å². The molecule has 2 rings (SSSR count). The molecule has 1 amide bonds. The number of nitrogens with zero attached hydrogens (tertiary/aromatic N) is 1. The van der Waals surface area contributed by atoms with Gasteiger partial charge in [-0.2, -0.15) is 0 Å². The van der Waals surface area contributed by atoms with Crippen molar-refractivity contribution in [2.75, 3.05) is 0 Å². The quantitative estimate of drug-likeness (QED) is 0.907. The van der Waals surface area contributed by atoms with Crippen LogP contribution in [-0.4, -0.2) is 22.9 Å². The molecule has 3 nitrogen and oxygen atoms in total. The summed E-state index contributed by atoms with van der Waals surface area (Å²) in [6, 6.07) is 6.45. The van der Waals surface area contributed by atoms with Crippen LogP contribution in [0.15, 0.2) is 24.3 Å². The van der Waals surface area contributed by atoms with Gasteiger partial charge in [0.1, 0.15) is 12.0 Å². The molecular formula is C15H21FN2O. The Morgan fingerprint density at radius 3 is 2.74 bits per heavy atom. The van der Waals surface area contributed by atoms with Crippen molar-refractivity contribution in [1.29, 1.82) is 0 Å². The standard InChI is InChI=1S/C15H21FN2O/c1-4-10(3)18-14(17-13(5-2)15(18)19)11-7-6-8-12(16)9-11/h6-10,13-14,17H,4-5H2,1-3H3. The molecule has 0 aromatic heterocycles. The Hall–Kier alpha value is -1.42. The van der Waals surface area contributed by atoms with E-state index in [0.717, 1.165) is 18.4 Å². The molecule has 0 aliphatic carbocycles. The zero-order chi connectivity index (χ0) is 14.0. The highest BCUT2D eigenvalue weighted by Crippen LogP contribution is 2.29. The first kappa shape index (κ1) is 14.0. The Kier molecular flexibility index (Phi) is 4.20. The Balaban J connectivity index is 2.34. The Labute approximate surface area is 113 Å². The van der Waals surface area contributed by atoms with Crippen molar-refractivity contribution in [2.24, 2.45) is 0 Å². The topological polar surface area (TPSA) is 32.3 Å². The maximum atomic E-state index is 13.4. The lowest BCUT2D eigenvalue weighted by atomic mass is 10.1. The molecule has 0 radical (unpaired) electrons. The van der Waals surface area contributed by atoms with Gasteiger partial charge in [0.2, 0.25) is 5.91 Å². The molecule has 0 spiro atoms. The summed E-state index contributed by atoms with van der Waals surface area (Å²) >= 11 is 0. The molecule has 1 heterocycles. The normalized spacial score (nSPS) is 24.8. The number of nitrogens with one attached hydrogen (secondary N) is 1. The van der Waals surface area contributed by atoms with Crippen molar-refractivity contribution in [3.8, 4) is 0 Å². The number of carbonyl (C=O) groups is 1. The van der Waals surface area contributed by atoms with Crippen molar-refractivity contribution in [3.05, 3.63) is 35.6 Å². The van der Waals surface area contributed by atoms with Crippen molar-refractivity contribution in [2.45, 2.75) is 51.9 Å². The van der Waals surface area contributed by atoms with E-state index in [2.05, 4.69) is 12.2 Å². The lowest BCUT2D eigenvalue weighted by molar-refractivity contribution is -0.132. The number of carbonyl (C=O) groups excluding carboxylic acids is 1. The minimum atomic E-state index is -0.268. The third-order valence-electron chi connectivity index (χ3n) is 3.83. The number of halogens is 1. The summed E-state index contributed by atoms with van der Waals surface area (Å²) in [6.07, 6.45) is 1.41. The number of hydrogen-bond acceptors (Lipinski definition) is 2. The highest BCUT2D eigenvalue weighted by molar-refractivity contribution is 5.84. The zero-order valence-electron chi connectivity index (χ0n) is 11.7. The molecule has 4 heteroatoms. The monoisotopic (exact) mass is 264 g/mol. The Morgan fingerprint density at radius 1 is 1.42 bits per heavy atom. The first-order valence-electron chi connectivity index (χ1n) is 6.92. The first-order valence-corrected chi connectivity index (χ1v) is 6.92. The van der Waals surface area contributed by atoms with E-state index in [1.54, 1.807) is 6.07 Å². The van der Waals surface area contributed by atoms with Crippen LogP contribution in [0.3, 0.4) is 0 Å². The maximum absolute atomic E-state index is 13.4. The van der Waals surface area contributed by atoms with Gasteiger partial charge >= 0.3 is 0 Å². The Bertz CT molecular complexity index is 463. The fourth-order valence-electron chi connectivity index (χ4n) is 2.54. The van der Waals surface area contributed by atoms with Crippen LogP contribution in [0.25, 0.3) is 0 Å². The Morgan fingerprint density at radius 2 is 2.16 bits per heavy atom. The maximum Gasteiger partial charge on any atom is 0.241 e. The van der Waals surface area contributed by atoms with E-state index in [1.807, 2.05) is 24.8 Å². The van der Waals surface area contributed by atoms with Gasteiger partial charge in [0, 0.05) is 6.04 Å². The number of amides is 1. The third-order valence-corrected chi connectivity index (χ3v) is 3.83. The van der Waals surface area contributed by atoms with Crippen LogP contribution in [0, 0.1) is 5.82 Å². The molecule has 104 valence electrons. The van der Waals surface area contributed by atoms with Gasteiger partial charge < -0.3 is 4.90 Å². The summed E-state index contributed by atoms with van der Waals surface area (Å²) in [7, 11) is 0. The summed E-state index contributed by atoms with van der Waals surface area (Å²) in [5.41, 5.74) is 0.810. The van der Waals surface area contributed by atoms with Gasteiger partial charge in [-0.15, -0.1) is 0 Å². The zero-order valence-corrected chi connectivity index (χ0v) is 11.7. The SMILES string of the molecule is CCC1NC(c2cccc(F)c2)N(C(C)CC)C1=O. The van der Waals surface area contributed by atoms with E-state index >= 15 is 0 Å². The van der Waals surface area contributed by atoms with Crippen molar-refractivity contribution in [1.82, 2.24) is 10.2 Å². The van der Waals surface area contributed by atoms with E-state index in [0.29, 0.717) is 0 Å². The molecule has 1 aliphatic heterocycles. The van der Waals surface area contributed by atoms with Crippen molar-refractivity contribution in [3.63, 3.8) is 0 Å². The van der Waals surface area contributed by atoms with Gasteiger partial charge in [0.05, 0.1) is 6.04 Å². The van der Waals surface area contributed by atoms with Crippen LogP contribution in [0.5, 0.6) is 0 Å². The fourth-order valence-corrected chi connectivity index (χ4v) is 2.54. The minimum Gasteiger partial charge on any atom is -0.319 e. The second kappa shape index (κ2) is 5.70. The number of rotatable bonds is 4. The predicted molar refractivity (Wildman–Crippen MR) is 73.0 cm³/mol. The van der Waals surface area contributed by atoms with Crippen LogP contribution in [0.4, 0.5) is 4.39 Å². The molecule has 1 N–H and O–H groups in total. The van der Waals surface area contributed by atoms with Crippen LogP contribution >= 0.6 is 0 Å². The minimum absolute atomic E-state index is 0.117. The summed E-state index contributed by atoms with van der Waals surface area (Å²) < 4.78 is 13.4. The molecule has 1 aromatic rings. The van der Waals surface area contributed by atoms with E-state index in [-0.39, 0.29) is 30.0 Å². The van der Waals surface area contributed by atoms with E-state index in [1.165, 1.54) is 12.1 Å². The van der Waals surface area contributed by atoms with Crippen LogP contribution in [-0.2, 0) is 4.79 Å². The second-order valence-electron chi connectivity index (χ2n) is 5.09. The number of benzene rings is 1. The largest absolute Gasteiger partial charge is 0.319 e. The molecule has 1 saturated heterocycles. The molecular weight excluding hydrogens is 243 g/mol. The smallest absolute Gasteiger partial charge is 0.241 e. The molecule has 1 aliphatic rings. The van der Waals surface area contributed by atoms with Crippen LogP contribution in [0.2, 0.25) is 0 Å². The summed E-state index contributed by atoms with van der Waals surface area (Å²) in [5, 5.41) is 3.31. The fraction of sp³-hybridized carbons (Fsp3) is 0.533. The molecule has 19 heavy (non-hydrogen) atoms. The van der Waals surface area contributed by atoms with Crippen LogP contribution < -0.4 is 5.32 Å². The highest BCUT2D eigenvalue weighted by Gasteiger charge is 2.40. The average molecular weight is 264 g/mol. The molecule has 0 saturated carbocycles. The van der Waals surface area contributed by atoms with Crippen molar-refractivity contribution < 1.29 is 9.18 Å². The lowest BCUT2D eigenvalue weighted by Gasteiger charge is -2.30. The van der Waals surface area contributed by atoms with Gasteiger partial charge in [-0.3, -0.25) is 10.1 Å². The first-order chi connectivity index (χ1) is 9.08. The second-order valence-corrected chi connectivity index (χ2v) is 5.09. The summed E-state index contributed by atoms with van der Waals surface area (Å²) in [4.78, 5) is 14.2. The number of hydrogen-bond donors (Lipinski definition) is 1. The molecule has 3 unspecified atom stereocenters. The molecule has 3 atom stereocenters. The van der Waals surface area contributed by atoms with Gasteiger partial charge in [0.15, 0.2) is 0 Å².